The molecule has 1 heterocycles. The van der Waals surface area contributed by atoms with Gasteiger partial charge in [-0.3, -0.25) is 9.59 Å². The molecule has 1 fully saturated rings. The molecule has 0 spiro atoms. The van der Waals surface area contributed by atoms with Gasteiger partial charge in [-0.25, -0.2) is 4.79 Å². The topological polar surface area (TPSA) is 111 Å². The molecule has 1 saturated carbocycles. The molecule has 3 aromatic rings. The molecule has 0 unspecified atom stereocenters. The van der Waals surface area contributed by atoms with E-state index in [0.717, 1.165) is 11.5 Å². The van der Waals surface area contributed by atoms with E-state index in [2.05, 4.69) is 61.5 Å². The second-order valence-electron chi connectivity index (χ2n) is 9.61. The van der Waals surface area contributed by atoms with Crippen LogP contribution in [0.25, 0.3) is 10.9 Å². The number of carboxylic acids is 1. The SMILES string of the molecule is CC1CCCCC1.CCC.Cc1c[nH]c2ccccc12.O=CNCC(=O)N[C@@H](Cc1ccccc1)C(=O)O. The molecule has 4 N–H and O–H groups in total. The highest BCUT2D eigenvalue weighted by Crippen LogP contribution is 2.22. The first kappa shape index (κ1) is 32.4. The zero-order valence-corrected chi connectivity index (χ0v) is 23.3. The highest BCUT2D eigenvalue weighted by Gasteiger charge is 2.19. The summed E-state index contributed by atoms with van der Waals surface area (Å²) in [5.74, 6) is -0.613. The first-order chi connectivity index (χ1) is 18.3. The van der Waals surface area contributed by atoms with Gasteiger partial charge in [-0.05, 0) is 30.0 Å². The molecule has 7 nitrogen and oxygen atoms in total. The Kier molecular flexibility index (Phi) is 16.6. The minimum Gasteiger partial charge on any atom is -0.480 e. The van der Waals surface area contributed by atoms with Crippen molar-refractivity contribution in [2.45, 2.75) is 78.7 Å². The fourth-order valence-corrected chi connectivity index (χ4v) is 3.95. The van der Waals surface area contributed by atoms with E-state index in [1.807, 2.05) is 18.3 Å². The van der Waals surface area contributed by atoms with Crippen LogP contribution >= 0.6 is 0 Å². The number of hydrogen-bond acceptors (Lipinski definition) is 3. The molecule has 1 aliphatic rings. The van der Waals surface area contributed by atoms with Crippen molar-refractivity contribution >= 4 is 29.2 Å². The number of fused-ring (bicyclic) bond motifs is 1. The number of benzene rings is 2. The minimum absolute atomic E-state index is 0.197. The van der Waals surface area contributed by atoms with Crippen LogP contribution in [0.3, 0.4) is 0 Å². The van der Waals surface area contributed by atoms with Crippen LogP contribution in [0, 0.1) is 12.8 Å². The van der Waals surface area contributed by atoms with Gasteiger partial charge in [0.05, 0.1) is 6.54 Å². The minimum atomic E-state index is -1.11. The largest absolute Gasteiger partial charge is 0.480 e. The van der Waals surface area contributed by atoms with Crippen molar-refractivity contribution in [2.75, 3.05) is 6.54 Å². The monoisotopic (exact) mass is 523 g/mol. The second-order valence-corrected chi connectivity index (χ2v) is 9.61. The number of rotatable bonds is 7. The maximum atomic E-state index is 11.3. The number of amides is 2. The molecule has 1 atom stereocenters. The van der Waals surface area contributed by atoms with E-state index in [4.69, 9.17) is 5.11 Å². The van der Waals surface area contributed by atoms with Crippen molar-refractivity contribution in [1.82, 2.24) is 15.6 Å². The van der Waals surface area contributed by atoms with Gasteiger partial charge in [0.2, 0.25) is 12.3 Å². The molecule has 0 bridgehead atoms. The number of aromatic amines is 1. The fourth-order valence-electron chi connectivity index (χ4n) is 3.95. The molecule has 4 rings (SSSR count). The van der Waals surface area contributed by atoms with Gasteiger partial charge in [0.25, 0.3) is 0 Å². The number of carboxylic acid groups (broad SMARTS) is 1. The standard InChI is InChI=1S/C12H14N2O4.C9H9N.C7H14.C3H8/c15-8-13-7-11(16)14-10(12(17)18)6-9-4-2-1-3-5-9;1-7-6-10-9-5-3-2-4-8(7)9;1-7-5-3-2-4-6-7;1-3-2/h1-5,8,10H,6-7H2,(H,13,15)(H,14,16)(H,17,18);2-6,10H,1H3;7H,2-6H2,1H3;3H2,1-2H3/t10-;;;/m0.../s1. The van der Waals surface area contributed by atoms with Gasteiger partial charge >= 0.3 is 5.97 Å². The summed E-state index contributed by atoms with van der Waals surface area (Å²) in [6.45, 7) is 8.49. The Morgan fingerprint density at radius 3 is 2.16 bits per heavy atom. The Labute approximate surface area is 227 Å². The summed E-state index contributed by atoms with van der Waals surface area (Å²) in [4.78, 5) is 35.5. The summed E-state index contributed by atoms with van der Waals surface area (Å²) < 4.78 is 0. The Morgan fingerprint density at radius 1 is 1.03 bits per heavy atom. The van der Waals surface area contributed by atoms with E-state index >= 15 is 0 Å². The molecule has 0 radical (unpaired) electrons. The summed E-state index contributed by atoms with van der Waals surface area (Å²) in [7, 11) is 0. The number of para-hydroxylation sites is 1. The van der Waals surface area contributed by atoms with Gasteiger partial charge < -0.3 is 20.7 Å². The molecular weight excluding hydrogens is 478 g/mol. The summed E-state index contributed by atoms with van der Waals surface area (Å²) >= 11 is 0. The van der Waals surface area contributed by atoms with Crippen molar-refractivity contribution in [3.05, 3.63) is 71.9 Å². The number of aryl methyl sites for hydroxylation is 1. The Balaban J connectivity index is 0.000000299. The smallest absolute Gasteiger partial charge is 0.326 e. The Bertz CT molecular complexity index is 1060. The van der Waals surface area contributed by atoms with E-state index in [9.17, 15) is 14.4 Å². The van der Waals surface area contributed by atoms with Crippen LogP contribution in [-0.2, 0) is 20.8 Å². The van der Waals surface area contributed by atoms with E-state index in [1.54, 1.807) is 24.3 Å². The van der Waals surface area contributed by atoms with Gasteiger partial charge in [-0.15, -0.1) is 0 Å². The number of carbonyl (C=O) groups is 3. The average Bonchev–Trinajstić information content (AvgIpc) is 3.30. The molecule has 2 amide bonds. The lowest BCUT2D eigenvalue weighted by Gasteiger charge is -2.15. The van der Waals surface area contributed by atoms with Gasteiger partial charge in [0, 0.05) is 23.5 Å². The highest BCUT2D eigenvalue weighted by molar-refractivity contribution is 5.85. The quantitative estimate of drug-likeness (QED) is 0.284. The van der Waals surface area contributed by atoms with Crippen LogP contribution in [0.1, 0.15) is 70.4 Å². The van der Waals surface area contributed by atoms with E-state index in [1.165, 1.54) is 55.0 Å². The number of carbonyl (C=O) groups excluding carboxylic acids is 2. The lowest BCUT2D eigenvalue weighted by atomic mass is 9.91. The van der Waals surface area contributed by atoms with Crippen molar-refractivity contribution in [1.29, 1.82) is 0 Å². The molecule has 1 aromatic heterocycles. The third kappa shape index (κ3) is 13.6. The van der Waals surface area contributed by atoms with Crippen LogP contribution in [0.2, 0.25) is 0 Å². The molecule has 208 valence electrons. The number of aromatic nitrogens is 1. The normalized spacial score (nSPS) is 13.3. The summed E-state index contributed by atoms with van der Waals surface area (Å²) in [5.41, 5.74) is 3.35. The van der Waals surface area contributed by atoms with Gasteiger partial charge in [0.15, 0.2) is 0 Å². The summed E-state index contributed by atoms with van der Waals surface area (Å²) in [6.07, 6.45) is 11.3. The second kappa shape index (κ2) is 19.5. The molecule has 38 heavy (non-hydrogen) atoms. The van der Waals surface area contributed by atoms with Crippen LogP contribution in [0.5, 0.6) is 0 Å². The maximum Gasteiger partial charge on any atom is 0.326 e. The van der Waals surface area contributed by atoms with Gasteiger partial charge in [-0.1, -0.05) is 108 Å². The van der Waals surface area contributed by atoms with E-state index in [0.29, 0.717) is 6.41 Å². The Hall–Kier alpha value is -3.61. The number of aliphatic carboxylic acids is 1. The van der Waals surface area contributed by atoms with Crippen molar-refractivity contribution in [2.24, 2.45) is 5.92 Å². The third-order valence-electron chi connectivity index (χ3n) is 5.95. The zero-order chi connectivity index (χ0) is 28.2. The van der Waals surface area contributed by atoms with E-state index < -0.39 is 17.9 Å². The van der Waals surface area contributed by atoms with Crippen molar-refractivity contribution in [3.8, 4) is 0 Å². The summed E-state index contributed by atoms with van der Waals surface area (Å²) in [5, 5.41) is 14.8. The third-order valence-corrected chi connectivity index (χ3v) is 5.95. The molecule has 0 saturated heterocycles. The van der Waals surface area contributed by atoms with Crippen LogP contribution in [0.4, 0.5) is 0 Å². The first-order valence-electron chi connectivity index (χ1n) is 13.6. The molecule has 1 aliphatic carbocycles. The maximum absolute atomic E-state index is 11.3. The average molecular weight is 524 g/mol. The zero-order valence-electron chi connectivity index (χ0n) is 23.3. The fraction of sp³-hybridized carbons (Fsp3) is 0.452. The van der Waals surface area contributed by atoms with Crippen molar-refractivity contribution < 1.29 is 19.5 Å². The van der Waals surface area contributed by atoms with Crippen molar-refractivity contribution in [3.63, 3.8) is 0 Å². The lowest BCUT2D eigenvalue weighted by Crippen LogP contribution is -2.45. The van der Waals surface area contributed by atoms with Crippen LogP contribution < -0.4 is 10.6 Å². The first-order valence-corrected chi connectivity index (χ1v) is 13.6. The highest BCUT2D eigenvalue weighted by atomic mass is 16.4. The van der Waals surface area contributed by atoms with E-state index in [-0.39, 0.29) is 13.0 Å². The molecular formula is C31H45N3O4. The molecule has 0 aliphatic heterocycles. The molecule has 2 aromatic carbocycles. The predicted molar refractivity (Wildman–Crippen MR) is 155 cm³/mol. The number of hydrogen-bond donors (Lipinski definition) is 4. The Morgan fingerprint density at radius 2 is 1.63 bits per heavy atom. The van der Waals surface area contributed by atoms with Gasteiger partial charge in [-0.2, -0.15) is 0 Å². The summed E-state index contributed by atoms with van der Waals surface area (Å²) in [6, 6.07) is 16.3. The van der Waals surface area contributed by atoms with Gasteiger partial charge in [0.1, 0.15) is 6.04 Å². The number of H-pyrrole nitrogens is 1. The number of nitrogens with one attached hydrogen (secondary N) is 3. The lowest BCUT2D eigenvalue weighted by molar-refractivity contribution is -0.141. The van der Waals surface area contributed by atoms with Crippen LogP contribution in [0.15, 0.2) is 60.8 Å². The predicted octanol–water partition coefficient (Wildman–Crippen LogP) is 6.02. The van der Waals surface area contributed by atoms with Crippen LogP contribution in [-0.4, -0.2) is 41.0 Å². The molecule has 7 heteroatoms.